The van der Waals surface area contributed by atoms with Crippen molar-refractivity contribution >= 4 is 16.7 Å². The number of carbonyl (C=O) groups is 1. The Kier molecular flexibility index (Phi) is 2.80. The fraction of sp³-hybridized carbons (Fsp3) is 0. The van der Waals surface area contributed by atoms with Gasteiger partial charge in [0.1, 0.15) is 16.3 Å². The van der Waals surface area contributed by atoms with Crippen molar-refractivity contribution in [3.63, 3.8) is 0 Å². The van der Waals surface area contributed by atoms with E-state index in [4.69, 9.17) is 5.11 Å². The van der Waals surface area contributed by atoms with Crippen molar-refractivity contribution in [3.05, 3.63) is 29.3 Å². The Morgan fingerprint density at radius 1 is 1.29 bits per heavy atom. The van der Waals surface area contributed by atoms with Gasteiger partial charge < -0.3 is 5.11 Å². The van der Waals surface area contributed by atoms with Gasteiger partial charge in [0.2, 0.25) is 0 Å². The summed E-state index contributed by atoms with van der Waals surface area (Å²) in [6.07, 6.45) is 0. The standard InChI is InChI=1S/C7H4F2O4S/c8-3-1-2-4(14(12)13)6(9)5(3)7(10)11/h1-2,14H,(H,10,11). The number of benzene rings is 1. The quantitative estimate of drug-likeness (QED) is 0.720. The molecule has 0 fully saturated rings. The van der Waals surface area contributed by atoms with Crippen molar-refractivity contribution in [2.24, 2.45) is 0 Å². The average molecular weight is 222 g/mol. The van der Waals surface area contributed by atoms with Crippen LogP contribution in [0.4, 0.5) is 8.78 Å². The number of aromatic carboxylic acids is 1. The van der Waals surface area contributed by atoms with Gasteiger partial charge in [-0.05, 0) is 12.1 Å². The molecule has 1 aromatic rings. The zero-order chi connectivity index (χ0) is 10.9. The summed E-state index contributed by atoms with van der Waals surface area (Å²) in [4.78, 5) is 9.51. The molecule has 0 spiro atoms. The summed E-state index contributed by atoms with van der Waals surface area (Å²) >= 11 is 0. The second kappa shape index (κ2) is 3.70. The number of halogens is 2. The highest BCUT2D eigenvalue weighted by molar-refractivity contribution is 7.72. The topological polar surface area (TPSA) is 71.4 Å². The van der Waals surface area contributed by atoms with Crippen LogP contribution in [0.3, 0.4) is 0 Å². The number of carboxylic acid groups (broad SMARTS) is 1. The number of rotatable bonds is 2. The second-order valence-corrected chi connectivity index (χ2v) is 3.31. The molecule has 7 heteroatoms. The first-order valence-corrected chi connectivity index (χ1v) is 4.48. The Bertz CT molecular complexity index is 459. The lowest BCUT2D eigenvalue weighted by atomic mass is 10.2. The molecule has 0 aliphatic heterocycles. The van der Waals surface area contributed by atoms with E-state index < -0.39 is 38.8 Å². The van der Waals surface area contributed by atoms with Crippen molar-refractivity contribution in [2.45, 2.75) is 4.90 Å². The van der Waals surface area contributed by atoms with E-state index in [2.05, 4.69) is 0 Å². The monoisotopic (exact) mass is 222 g/mol. The second-order valence-electron chi connectivity index (χ2n) is 2.32. The first kappa shape index (κ1) is 10.6. The highest BCUT2D eigenvalue weighted by atomic mass is 32.2. The Balaban J connectivity index is 3.57. The van der Waals surface area contributed by atoms with Crippen molar-refractivity contribution in [1.29, 1.82) is 0 Å². The highest BCUT2D eigenvalue weighted by Crippen LogP contribution is 2.17. The van der Waals surface area contributed by atoms with E-state index in [9.17, 15) is 22.0 Å². The summed E-state index contributed by atoms with van der Waals surface area (Å²) in [6, 6.07) is 1.26. The predicted octanol–water partition coefficient (Wildman–Crippen LogP) is 0.633. The van der Waals surface area contributed by atoms with Crippen molar-refractivity contribution in [1.82, 2.24) is 0 Å². The van der Waals surface area contributed by atoms with E-state index in [-0.39, 0.29) is 0 Å². The van der Waals surface area contributed by atoms with Gasteiger partial charge in [-0.2, -0.15) is 0 Å². The van der Waals surface area contributed by atoms with Crippen LogP contribution in [-0.4, -0.2) is 19.5 Å². The van der Waals surface area contributed by atoms with Gasteiger partial charge in [-0.25, -0.2) is 22.0 Å². The van der Waals surface area contributed by atoms with Gasteiger partial charge in [0.25, 0.3) is 0 Å². The molecule has 1 N–H and O–H groups in total. The fourth-order valence-electron chi connectivity index (χ4n) is 0.879. The predicted molar refractivity (Wildman–Crippen MR) is 41.9 cm³/mol. The molecule has 0 aliphatic carbocycles. The van der Waals surface area contributed by atoms with Gasteiger partial charge in [-0.1, -0.05) is 0 Å². The van der Waals surface area contributed by atoms with Crippen LogP contribution < -0.4 is 0 Å². The van der Waals surface area contributed by atoms with E-state index in [0.29, 0.717) is 12.1 Å². The van der Waals surface area contributed by atoms with Crippen LogP contribution in [0.1, 0.15) is 10.4 Å². The smallest absolute Gasteiger partial charge is 0.341 e. The number of carboxylic acids is 1. The third-order valence-corrected chi connectivity index (χ3v) is 2.22. The van der Waals surface area contributed by atoms with E-state index in [1.165, 1.54) is 0 Å². The lowest BCUT2D eigenvalue weighted by Gasteiger charge is -2.00. The maximum absolute atomic E-state index is 13.0. The minimum atomic E-state index is -3.27. The van der Waals surface area contributed by atoms with Crippen LogP contribution in [0.2, 0.25) is 0 Å². The van der Waals surface area contributed by atoms with Crippen molar-refractivity contribution < 1.29 is 27.1 Å². The van der Waals surface area contributed by atoms with Gasteiger partial charge in [-0.3, -0.25) is 0 Å². The van der Waals surface area contributed by atoms with Crippen molar-refractivity contribution in [2.75, 3.05) is 0 Å². The van der Waals surface area contributed by atoms with E-state index in [1.54, 1.807) is 0 Å². The van der Waals surface area contributed by atoms with E-state index >= 15 is 0 Å². The molecule has 4 nitrogen and oxygen atoms in total. The molecule has 0 heterocycles. The SMILES string of the molecule is O=C(O)c1c(F)ccc([SH](=O)=O)c1F. The van der Waals surface area contributed by atoms with Crippen LogP contribution in [0.5, 0.6) is 0 Å². The van der Waals surface area contributed by atoms with Crippen LogP contribution >= 0.6 is 0 Å². The molecule has 0 radical (unpaired) electrons. The molecule has 0 aliphatic rings. The first-order valence-electron chi connectivity index (χ1n) is 3.31. The average Bonchev–Trinajstić information content (AvgIpc) is 2.02. The Morgan fingerprint density at radius 3 is 2.29 bits per heavy atom. The van der Waals surface area contributed by atoms with Gasteiger partial charge in [0.05, 0.1) is 0 Å². The largest absolute Gasteiger partial charge is 0.477 e. The Labute approximate surface area is 78.7 Å². The molecule has 0 amide bonds. The Hall–Kier alpha value is -1.50. The van der Waals surface area contributed by atoms with E-state index in [0.717, 1.165) is 0 Å². The summed E-state index contributed by atoms with van der Waals surface area (Å²) in [5.74, 6) is -4.73. The minimum absolute atomic E-state index is 0.590. The zero-order valence-electron chi connectivity index (χ0n) is 6.53. The van der Waals surface area contributed by atoms with Gasteiger partial charge in [0, 0.05) is 0 Å². The minimum Gasteiger partial charge on any atom is -0.477 e. The molecule has 14 heavy (non-hydrogen) atoms. The molecule has 76 valence electrons. The molecule has 0 unspecified atom stereocenters. The summed E-state index contributed by atoms with van der Waals surface area (Å²) in [7, 11) is -3.27. The lowest BCUT2D eigenvalue weighted by molar-refractivity contribution is 0.0685. The Morgan fingerprint density at radius 2 is 1.86 bits per heavy atom. The third kappa shape index (κ3) is 1.72. The van der Waals surface area contributed by atoms with Gasteiger partial charge in [-0.15, -0.1) is 0 Å². The molecule has 0 atom stereocenters. The summed E-state index contributed by atoms with van der Waals surface area (Å²) in [5.41, 5.74) is -1.26. The molecule has 0 saturated carbocycles. The van der Waals surface area contributed by atoms with Crippen LogP contribution in [0.15, 0.2) is 17.0 Å². The number of hydrogen-bond acceptors (Lipinski definition) is 3. The zero-order valence-corrected chi connectivity index (χ0v) is 7.42. The molecule has 0 aromatic heterocycles. The number of hydrogen-bond donors (Lipinski definition) is 2. The maximum Gasteiger partial charge on any atom is 0.341 e. The molecule has 0 bridgehead atoms. The lowest BCUT2D eigenvalue weighted by Crippen LogP contribution is -2.06. The normalized spacial score (nSPS) is 10.5. The molecular formula is C7H4F2O4S. The summed E-state index contributed by atoms with van der Waals surface area (Å²) in [6.45, 7) is 0. The first-order chi connectivity index (χ1) is 6.45. The highest BCUT2D eigenvalue weighted by Gasteiger charge is 2.20. The van der Waals surface area contributed by atoms with Gasteiger partial charge >= 0.3 is 5.97 Å². The van der Waals surface area contributed by atoms with Crippen LogP contribution in [-0.2, 0) is 10.7 Å². The number of thiol groups is 1. The summed E-state index contributed by atoms with van der Waals surface area (Å²) < 4.78 is 46.5. The van der Waals surface area contributed by atoms with Gasteiger partial charge in [0.15, 0.2) is 16.5 Å². The molecule has 0 saturated heterocycles. The van der Waals surface area contributed by atoms with Crippen LogP contribution in [0.25, 0.3) is 0 Å². The fourth-order valence-corrected chi connectivity index (χ4v) is 1.35. The van der Waals surface area contributed by atoms with E-state index in [1.807, 2.05) is 0 Å². The van der Waals surface area contributed by atoms with Crippen LogP contribution in [0, 0.1) is 11.6 Å². The summed E-state index contributed by atoms with van der Waals surface area (Å²) in [5, 5.41) is 8.38. The third-order valence-electron chi connectivity index (χ3n) is 1.48. The van der Waals surface area contributed by atoms with Crippen molar-refractivity contribution in [3.8, 4) is 0 Å². The molecule has 1 aromatic carbocycles. The maximum atomic E-state index is 13.0. The molecule has 1 rings (SSSR count). The molecular weight excluding hydrogens is 218 g/mol.